The second kappa shape index (κ2) is 10.8. The smallest absolute Gasteiger partial charge is 0.246 e. The maximum absolute atomic E-state index is 13.3. The number of piperidine rings is 1. The minimum atomic E-state index is -3.84. The van der Waals surface area contributed by atoms with Gasteiger partial charge < -0.3 is 14.8 Å². The number of rotatable bonds is 9. The zero-order chi connectivity index (χ0) is 23.1. The molecule has 0 aliphatic carbocycles. The molecule has 32 heavy (non-hydrogen) atoms. The lowest BCUT2D eigenvalue weighted by atomic mass is 9.98. The van der Waals surface area contributed by atoms with E-state index in [1.165, 1.54) is 30.2 Å². The summed E-state index contributed by atoms with van der Waals surface area (Å²) in [5.41, 5.74) is 1.97. The Morgan fingerprint density at radius 2 is 1.88 bits per heavy atom. The number of carbonyl (C=O) groups is 1. The van der Waals surface area contributed by atoms with Crippen LogP contribution in [0.15, 0.2) is 47.4 Å². The van der Waals surface area contributed by atoms with Gasteiger partial charge in [0.1, 0.15) is 16.4 Å². The summed E-state index contributed by atoms with van der Waals surface area (Å²) >= 11 is 0. The van der Waals surface area contributed by atoms with E-state index in [0.717, 1.165) is 24.9 Å². The van der Waals surface area contributed by atoms with Crippen LogP contribution in [-0.4, -0.2) is 45.9 Å². The Labute approximate surface area is 190 Å². The van der Waals surface area contributed by atoms with Crippen molar-refractivity contribution < 1.29 is 22.7 Å². The van der Waals surface area contributed by atoms with Crippen molar-refractivity contribution in [2.45, 2.75) is 43.9 Å². The molecule has 0 aromatic heterocycles. The van der Waals surface area contributed by atoms with Crippen molar-refractivity contribution >= 4 is 21.6 Å². The lowest BCUT2D eigenvalue weighted by Crippen LogP contribution is -2.43. The van der Waals surface area contributed by atoms with Gasteiger partial charge in [-0.05, 0) is 55.5 Å². The van der Waals surface area contributed by atoms with Gasteiger partial charge in [-0.3, -0.25) is 4.79 Å². The number of hydrogen-bond donors (Lipinski definition) is 1. The van der Waals surface area contributed by atoms with E-state index < -0.39 is 15.9 Å². The summed E-state index contributed by atoms with van der Waals surface area (Å²) in [5.74, 6) is 0.0947. The molecule has 1 aliphatic heterocycles. The molecule has 0 spiro atoms. The van der Waals surface area contributed by atoms with Crippen molar-refractivity contribution in [2.24, 2.45) is 5.92 Å². The molecule has 1 heterocycles. The topological polar surface area (TPSA) is 84.9 Å². The summed E-state index contributed by atoms with van der Waals surface area (Å²) in [4.78, 5) is 12.9. The Balaban J connectivity index is 1.71. The zero-order valence-corrected chi connectivity index (χ0v) is 19.8. The predicted molar refractivity (Wildman–Crippen MR) is 125 cm³/mol. The van der Waals surface area contributed by atoms with Crippen LogP contribution in [0.5, 0.6) is 11.5 Å². The van der Waals surface area contributed by atoms with Gasteiger partial charge in [0.05, 0.1) is 20.1 Å². The second-order valence-corrected chi connectivity index (χ2v) is 9.92. The first-order chi connectivity index (χ1) is 15.4. The van der Waals surface area contributed by atoms with Gasteiger partial charge >= 0.3 is 0 Å². The standard InChI is InChI=1S/C24H32N2O5S/c1-4-5-7-18-9-11-20(12-10-18)25-24(27)19-8-6-15-26(17-19)32(28,29)23-16-21(30-2)13-14-22(23)31-3/h9-14,16,19H,4-8,15,17H2,1-3H3,(H,25,27)/t19-/m0/s1. The Bertz CT molecular complexity index is 1020. The van der Waals surface area contributed by atoms with E-state index in [4.69, 9.17) is 9.47 Å². The van der Waals surface area contributed by atoms with Crippen molar-refractivity contribution in [3.05, 3.63) is 48.0 Å². The molecule has 1 amide bonds. The molecule has 0 saturated carbocycles. The average Bonchev–Trinajstić information content (AvgIpc) is 2.83. The number of carbonyl (C=O) groups excluding carboxylic acids is 1. The first kappa shape index (κ1) is 24.1. The average molecular weight is 461 g/mol. The molecule has 7 nitrogen and oxygen atoms in total. The number of anilines is 1. The van der Waals surface area contributed by atoms with Crippen LogP contribution in [0.2, 0.25) is 0 Å². The molecule has 0 bridgehead atoms. The fraction of sp³-hybridized carbons (Fsp3) is 0.458. The summed E-state index contributed by atoms with van der Waals surface area (Å²) < 4.78 is 38.5. The molecule has 1 fully saturated rings. The predicted octanol–water partition coefficient (Wildman–Crippen LogP) is 4.09. The number of hydrogen-bond acceptors (Lipinski definition) is 5. The Hall–Kier alpha value is -2.58. The SMILES string of the molecule is CCCCc1ccc(NC(=O)[C@H]2CCCN(S(=O)(=O)c3cc(OC)ccc3OC)C2)cc1. The van der Waals surface area contributed by atoms with Gasteiger partial charge in [0, 0.05) is 24.8 Å². The Morgan fingerprint density at radius 1 is 1.12 bits per heavy atom. The molecule has 2 aromatic rings. The van der Waals surface area contributed by atoms with Crippen molar-refractivity contribution in [3.8, 4) is 11.5 Å². The molecule has 0 unspecified atom stereocenters. The fourth-order valence-corrected chi connectivity index (χ4v) is 5.57. The van der Waals surface area contributed by atoms with Gasteiger partial charge in [0.25, 0.3) is 0 Å². The minimum absolute atomic E-state index is 0.0445. The lowest BCUT2D eigenvalue weighted by molar-refractivity contribution is -0.120. The quantitative estimate of drug-likeness (QED) is 0.609. The molecule has 174 valence electrons. The maximum Gasteiger partial charge on any atom is 0.246 e. The van der Waals surface area contributed by atoms with Gasteiger partial charge in [-0.15, -0.1) is 0 Å². The second-order valence-electron chi connectivity index (χ2n) is 8.01. The molecular formula is C24H32N2O5S. The van der Waals surface area contributed by atoms with Crippen LogP contribution in [0.1, 0.15) is 38.2 Å². The molecule has 2 aromatic carbocycles. The summed E-state index contributed by atoms with van der Waals surface area (Å²) in [7, 11) is -0.930. The lowest BCUT2D eigenvalue weighted by Gasteiger charge is -2.31. The fourth-order valence-electron chi connectivity index (χ4n) is 3.88. The number of sulfonamides is 1. The van der Waals surface area contributed by atoms with Crippen molar-refractivity contribution in [3.63, 3.8) is 0 Å². The molecule has 8 heteroatoms. The van der Waals surface area contributed by atoms with E-state index >= 15 is 0 Å². The molecule has 0 radical (unpaired) electrons. The Kier molecular flexibility index (Phi) is 8.15. The van der Waals surface area contributed by atoms with Crippen LogP contribution in [0.4, 0.5) is 5.69 Å². The normalized spacial score (nSPS) is 17.0. The number of nitrogens with one attached hydrogen (secondary N) is 1. The van der Waals surface area contributed by atoms with Gasteiger partial charge in [-0.2, -0.15) is 4.31 Å². The molecule has 3 rings (SSSR count). The highest BCUT2D eigenvalue weighted by molar-refractivity contribution is 7.89. The summed E-state index contributed by atoms with van der Waals surface area (Å²) in [5, 5.41) is 2.94. The first-order valence-corrected chi connectivity index (χ1v) is 12.4. The van der Waals surface area contributed by atoms with Crippen LogP contribution in [0.3, 0.4) is 0 Å². The minimum Gasteiger partial charge on any atom is -0.497 e. The van der Waals surface area contributed by atoms with Crippen LogP contribution in [0, 0.1) is 5.92 Å². The van der Waals surface area contributed by atoms with Crippen molar-refractivity contribution in [1.82, 2.24) is 4.31 Å². The number of nitrogens with zero attached hydrogens (tertiary/aromatic N) is 1. The first-order valence-electron chi connectivity index (χ1n) is 11.0. The number of aryl methyl sites for hydroxylation is 1. The number of ether oxygens (including phenoxy) is 2. The van der Waals surface area contributed by atoms with Crippen LogP contribution >= 0.6 is 0 Å². The summed E-state index contributed by atoms with van der Waals surface area (Å²) in [6.07, 6.45) is 4.55. The Morgan fingerprint density at radius 3 is 2.53 bits per heavy atom. The number of benzene rings is 2. The maximum atomic E-state index is 13.3. The van der Waals surface area contributed by atoms with Crippen molar-refractivity contribution in [1.29, 1.82) is 0 Å². The van der Waals surface area contributed by atoms with Crippen LogP contribution < -0.4 is 14.8 Å². The highest BCUT2D eigenvalue weighted by Gasteiger charge is 2.35. The monoisotopic (exact) mass is 460 g/mol. The van der Waals surface area contributed by atoms with Crippen molar-refractivity contribution in [2.75, 3.05) is 32.6 Å². The van der Waals surface area contributed by atoms with E-state index in [1.807, 2.05) is 24.3 Å². The molecule has 1 saturated heterocycles. The van der Waals surface area contributed by atoms with E-state index in [2.05, 4.69) is 12.2 Å². The van der Waals surface area contributed by atoms with Crippen LogP contribution in [-0.2, 0) is 21.2 Å². The molecule has 1 atom stereocenters. The van der Waals surface area contributed by atoms with E-state index in [0.29, 0.717) is 25.1 Å². The van der Waals surface area contributed by atoms with E-state index in [1.54, 1.807) is 12.1 Å². The van der Waals surface area contributed by atoms with Gasteiger partial charge in [-0.1, -0.05) is 25.5 Å². The van der Waals surface area contributed by atoms with Gasteiger partial charge in [0.2, 0.25) is 15.9 Å². The number of unbranched alkanes of at least 4 members (excludes halogenated alkanes) is 1. The summed E-state index contributed by atoms with van der Waals surface area (Å²) in [6, 6.07) is 12.5. The molecule has 1 aliphatic rings. The van der Waals surface area contributed by atoms with E-state index in [9.17, 15) is 13.2 Å². The largest absolute Gasteiger partial charge is 0.497 e. The van der Waals surface area contributed by atoms with Crippen LogP contribution in [0.25, 0.3) is 0 Å². The third-order valence-corrected chi connectivity index (χ3v) is 7.67. The molecule has 1 N–H and O–H groups in total. The highest BCUT2D eigenvalue weighted by Crippen LogP contribution is 2.33. The zero-order valence-electron chi connectivity index (χ0n) is 19.0. The molecular weight excluding hydrogens is 428 g/mol. The third-order valence-electron chi connectivity index (χ3n) is 5.78. The summed E-state index contributed by atoms with van der Waals surface area (Å²) in [6.45, 7) is 2.65. The van der Waals surface area contributed by atoms with Gasteiger partial charge in [0.15, 0.2) is 0 Å². The number of amides is 1. The van der Waals surface area contributed by atoms with E-state index in [-0.39, 0.29) is 23.1 Å². The van der Waals surface area contributed by atoms with Gasteiger partial charge in [-0.25, -0.2) is 8.42 Å². The highest BCUT2D eigenvalue weighted by atomic mass is 32.2. The third kappa shape index (κ3) is 5.61. The number of methoxy groups -OCH3 is 2.